The zero-order valence-corrected chi connectivity index (χ0v) is 18.0. The number of rotatable bonds is 5. The molecular formula is C24H32N4O3. The predicted octanol–water partition coefficient (Wildman–Crippen LogP) is 1.56. The molecule has 0 bridgehead atoms. The van der Waals surface area contributed by atoms with Gasteiger partial charge in [0, 0.05) is 25.1 Å². The first kappa shape index (κ1) is 20.6. The highest BCUT2D eigenvalue weighted by Crippen LogP contribution is 2.37. The van der Waals surface area contributed by atoms with Gasteiger partial charge in [0.1, 0.15) is 6.04 Å². The normalized spacial score (nSPS) is 30.7. The van der Waals surface area contributed by atoms with Crippen LogP contribution in [0.15, 0.2) is 18.2 Å². The highest BCUT2D eigenvalue weighted by atomic mass is 16.2. The number of nitrogens with one attached hydrogen (secondary N) is 3. The molecule has 1 aromatic carbocycles. The van der Waals surface area contributed by atoms with Crippen LogP contribution in [0.2, 0.25) is 0 Å². The molecule has 1 aliphatic carbocycles. The minimum Gasteiger partial charge on any atom is -0.322 e. The third kappa shape index (κ3) is 4.26. The topological polar surface area (TPSA) is 90.5 Å². The molecule has 3 aliphatic heterocycles. The van der Waals surface area contributed by atoms with Gasteiger partial charge in [0.2, 0.25) is 11.8 Å². The first-order valence-corrected chi connectivity index (χ1v) is 11.8. The lowest BCUT2D eigenvalue weighted by Gasteiger charge is -2.39. The largest absolute Gasteiger partial charge is 0.322 e. The Morgan fingerprint density at radius 1 is 1.06 bits per heavy atom. The summed E-state index contributed by atoms with van der Waals surface area (Å²) in [5.74, 6) is 1.79. The van der Waals surface area contributed by atoms with Gasteiger partial charge in [-0.05, 0) is 86.7 Å². The Morgan fingerprint density at radius 3 is 2.84 bits per heavy atom. The number of fused-ring (bicyclic) bond motifs is 2. The van der Waals surface area contributed by atoms with Gasteiger partial charge in [0.15, 0.2) is 0 Å². The van der Waals surface area contributed by atoms with Crippen molar-refractivity contribution >= 4 is 17.7 Å². The van der Waals surface area contributed by atoms with Crippen molar-refractivity contribution in [1.29, 1.82) is 0 Å². The number of hydrogen-bond donors (Lipinski definition) is 3. The SMILES string of the molecule is O=C1CCC(N2Cc3ccc(CNCC4CCC5CNCCC5C4)cc3C2=O)C(=O)N1. The molecule has 4 unspecified atom stereocenters. The van der Waals surface area contributed by atoms with Crippen LogP contribution in [0.1, 0.15) is 60.0 Å². The molecule has 1 aromatic rings. The molecule has 0 spiro atoms. The van der Waals surface area contributed by atoms with Gasteiger partial charge in [-0.2, -0.15) is 0 Å². The van der Waals surface area contributed by atoms with Crippen LogP contribution >= 0.6 is 0 Å². The number of imide groups is 1. The van der Waals surface area contributed by atoms with E-state index in [1.54, 1.807) is 4.90 Å². The van der Waals surface area contributed by atoms with Crippen LogP contribution in [0, 0.1) is 17.8 Å². The Kier molecular flexibility index (Phi) is 5.80. The van der Waals surface area contributed by atoms with E-state index in [0.717, 1.165) is 42.0 Å². The van der Waals surface area contributed by atoms with Gasteiger partial charge in [-0.3, -0.25) is 19.7 Å². The van der Waals surface area contributed by atoms with Gasteiger partial charge in [0.25, 0.3) is 5.91 Å². The minimum atomic E-state index is -0.552. The number of hydrogen-bond acceptors (Lipinski definition) is 5. The number of nitrogens with zero attached hydrogens (tertiary/aromatic N) is 1. The van der Waals surface area contributed by atoms with Gasteiger partial charge >= 0.3 is 0 Å². The third-order valence-electron chi connectivity index (χ3n) is 7.70. The van der Waals surface area contributed by atoms with Gasteiger partial charge in [-0.15, -0.1) is 0 Å². The number of benzene rings is 1. The summed E-state index contributed by atoms with van der Waals surface area (Å²) in [4.78, 5) is 38.2. The Labute approximate surface area is 183 Å². The highest BCUT2D eigenvalue weighted by Gasteiger charge is 2.39. The lowest BCUT2D eigenvalue weighted by molar-refractivity contribution is -0.136. The Balaban J connectivity index is 1.16. The molecule has 3 amide bonds. The molecule has 7 nitrogen and oxygen atoms in total. The maximum Gasteiger partial charge on any atom is 0.255 e. The quantitative estimate of drug-likeness (QED) is 0.624. The molecule has 0 aromatic heterocycles. The Morgan fingerprint density at radius 2 is 1.97 bits per heavy atom. The van der Waals surface area contributed by atoms with E-state index >= 15 is 0 Å². The second-order valence-corrected chi connectivity index (χ2v) is 9.71. The molecule has 1 saturated carbocycles. The van der Waals surface area contributed by atoms with Crippen LogP contribution in [-0.2, 0) is 22.7 Å². The maximum atomic E-state index is 13.0. The van der Waals surface area contributed by atoms with Gasteiger partial charge < -0.3 is 15.5 Å². The number of piperidine rings is 2. The number of amides is 3. The van der Waals surface area contributed by atoms with E-state index in [1.807, 2.05) is 12.1 Å². The summed E-state index contributed by atoms with van der Waals surface area (Å²) in [7, 11) is 0. The summed E-state index contributed by atoms with van der Waals surface area (Å²) in [6, 6.07) is 5.51. The molecule has 31 heavy (non-hydrogen) atoms. The van der Waals surface area contributed by atoms with Crippen molar-refractivity contribution in [3.8, 4) is 0 Å². The summed E-state index contributed by atoms with van der Waals surface area (Å²) >= 11 is 0. The summed E-state index contributed by atoms with van der Waals surface area (Å²) in [5.41, 5.74) is 2.76. The first-order chi connectivity index (χ1) is 15.1. The highest BCUT2D eigenvalue weighted by molar-refractivity contribution is 6.05. The van der Waals surface area contributed by atoms with Crippen LogP contribution in [0.25, 0.3) is 0 Å². The number of carbonyl (C=O) groups is 3. The molecule has 3 heterocycles. The van der Waals surface area contributed by atoms with Crippen molar-refractivity contribution in [2.45, 2.75) is 57.7 Å². The lowest BCUT2D eigenvalue weighted by Crippen LogP contribution is -2.52. The molecule has 4 aliphatic rings. The standard InChI is InChI=1S/C24H32N4O3/c29-22-6-5-21(23(30)27-22)28-14-19-4-2-16(10-20(19)24(28)31)12-26-11-15-1-3-18-13-25-8-7-17(18)9-15/h2,4,10,15,17-18,21,25-26H,1,3,5-9,11-14H2,(H,27,29,30). The van der Waals surface area contributed by atoms with E-state index in [-0.39, 0.29) is 24.1 Å². The second-order valence-electron chi connectivity index (χ2n) is 9.71. The van der Waals surface area contributed by atoms with Crippen LogP contribution in [-0.4, -0.2) is 48.3 Å². The fourth-order valence-electron chi connectivity index (χ4n) is 5.94. The lowest BCUT2D eigenvalue weighted by atomic mass is 9.71. The fourth-order valence-corrected chi connectivity index (χ4v) is 5.94. The first-order valence-electron chi connectivity index (χ1n) is 11.8. The van der Waals surface area contributed by atoms with Crippen molar-refractivity contribution in [2.24, 2.45) is 17.8 Å². The molecule has 2 saturated heterocycles. The molecule has 5 rings (SSSR count). The smallest absolute Gasteiger partial charge is 0.255 e. The monoisotopic (exact) mass is 424 g/mol. The van der Waals surface area contributed by atoms with E-state index in [9.17, 15) is 14.4 Å². The zero-order chi connectivity index (χ0) is 21.4. The summed E-state index contributed by atoms with van der Waals surface area (Å²) in [6.45, 7) is 4.59. The molecule has 4 atom stereocenters. The Hall–Kier alpha value is -2.25. The van der Waals surface area contributed by atoms with Crippen molar-refractivity contribution in [1.82, 2.24) is 20.9 Å². The third-order valence-corrected chi connectivity index (χ3v) is 7.70. The molecule has 3 N–H and O–H groups in total. The van der Waals surface area contributed by atoms with Crippen molar-refractivity contribution in [2.75, 3.05) is 19.6 Å². The second kappa shape index (κ2) is 8.71. The van der Waals surface area contributed by atoms with Crippen LogP contribution in [0.5, 0.6) is 0 Å². The summed E-state index contributed by atoms with van der Waals surface area (Å²) in [6.07, 6.45) is 5.98. The van der Waals surface area contributed by atoms with Crippen LogP contribution in [0.4, 0.5) is 0 Å². The zero-order valence-electron chi connectivity index (χ0n) is 18.0. The molecular weight excluding hydrogens is 392 g/mol. The van der Waals surface area contributed by atoms with Crippen LogP contribution < -0.4 is 16.0 Å². The maximum absolute atomic E-state index is 13.0. The summed E-state index contributed by atoms with van der Waals surface area (Å²) < 4.78 is 0. The minimum absolute atomic E-state index is 0.101. The molecule has 7 heteroatoms. The van der Waals surface area contributed by atoms with Crippen molar-refractivity contribution < 1.29 is 14.4 Å². The van der Waals surface area contributed by atoms with E-state index in [1.165, 1.54) is 38.8 Å². The van der Waals surface area contributed by atoms with Crippen LogP contribution in [0.3, 0.4) is 0 Å². The van der Waals surface area contributed by atoms with Gasteiger partial charge in [-0.1, -0.05) is 12.1 Å². The fraction of sp³-hybridized carbons (Fsp3) is 0.625. The van der Waals surface area contributed by atoms with E-state index in [4.69, 9.17) is 0 Å². The average molecular weight is 425 g/mol. The van der Waals surface area contributed by atoms with Crippen molar-refractivity contribution in [3.05, 3.63) is 34.9 Å². The molecule has 3 fully saturated rings. The number of carbonyl (C=O) groups excluding carboxylic acids is 3. The average Bonchev–Trinajstić information content (AvgIpc) is 3.09. The molecule has 0 radical (unpaired) electrons. The summed E-state index contributed by atoms with van der Waals surface area (Å²) in [5, 5.41) is 9.51. The van der Waals surface area contributed by atoms with Gasteiger partial charge in [0.05, 0.1) is 0 Å². The van der Waals surface area contributed by atoms with E-state index in [2.05, 4.69) is 22.0 Å². The van der Waals surface area contributed by atoms with E-state index < -0.39 is 6.04 Å². The van der Waals surface area contributed by atoms with E-state index in [0.29, 0.717) is 18.5 Å². The molecule has 166 valence electrons. The Bertz CT molecular complexity index is 886. The van der Waals surface area contributed by atoms with Gasteiger partial charge in [-0.25, -0.2) is 0 Å². The predicted molar refractivity (Wildman–Crippen MR) is 116 cm³/mol. The van der Waals surface area contributed by atoms with Crippen molar-refractivity contribution in [3.63, 3.8) is 0 Å².